The number of carbonyl (C=O) groups is 1. The number of hydrogen-bond acceptors (Lipinski definition) is 1. The first-order chi connectivity index (χ1) is 15.6. The number of alkyl halides is 6. The van der Waals surface area contributed by atoms with Gasteiger partial charge in [0.1, 0.15) is 0 Å². The Morgan fingerprint density at radius 3 is 1.61 bits per heavy atom. The van der Waals surface area contributed by atoms with Gasteiger partial charge in [0.05, 0.1) is 17.0 Å². The van der Waals surface area contributed by atoms with Crippen molar-refractivity contribution in [2.45, 2.75) is 31.1 Å². The number of aryl methyl sites for hydroxylation is 1. The molecular formula is C25H21F6NO. The van der Waals surface area contributed by atoms with Crippen LogP contribution in [0.25, 0.3) is 0 Å². The third kappa shape index (κ3) is 6.60. The number of carbonyl (C=O) groups excluding carboxylic acids is 1. The number of rotatable bonds is 7. The minimum absolute atomic E-state index is 0.0470. The zero-order valence-electron chi connectivity index (χ0n) is 17.4. The molecule has 0 saturated carbocycles. The van der Waals surface area contributed by atoms with E-state index in [4.69, 9.17) is 0 Å². The standard InChI is InChI=1S/C25H21F6NO/c26-24(27,28)20-14-17(15-21(16-20)25(29,30)31)8-7-13-32-23(33)22(18-9-3-1-4-10-18)19-11-5-2-6-12-19/h1-6,9-12,14-16,22H,7-8,13H2,(H,32,33). The van der Waals surface area contributed by atoms with E-state index in [1.54, 1.807) is 0 Å². The number of benzene rings is 3. The molecule has 3 aromatic carbocycles. The van der Waals surface area contributed by atoms with E-state index < -0.39 is 29.4 Å². The van der Waals surface area contributed by atoms with Crippen molar-refractivity contribution in [1.82, 2.24) is 5.32 Å². The molecule has 3 aromatic rings. The smallest absolute Gasteiger partial charge is 0.355 e. The molecule has 0 fully saturated rings. The van der Waals surface area contributed by atoms with Gasteiger partial charge >= 0.3 is 12.4 Å². The maximum absolute atomic E-state index is 13.0. The summed E-state index contributed by atoms with van der Waals surface area (Å²) in [5, 5.41) is 2.76. The van der Waals surface area contributed by atoms with Crippen molar-refractivity contribution in [2.24, 2.45) is 0 Å². The predicted octanol–water partition coefficient (Wildman–Crippen LogP) is 6.61. The minimum atomic E-state index is -4.89. The lowest BCUT2D eigenvalue weighted by Crippen LogP contribution is -2.31. The number of halogens is 6. The Labute approximate surface area is 187 Å². The van der Waals surface area contributed by atoms with Gasteiger partial charge in [-0.25, -0.2) is 0 Å². The number of nitrogens with one attached hydrogen (secondary N) is 1. The number of amides is 1. The van der Waals surface area contributed by atoms with E-state index in [1.807, 2.05) is 60.7 Å². The Hall–Kier alpha value is -3.29. The molecule has 0 radical (unpaired) electrons. The van der Waals surface area contributed by atoms with Gasteiger partial charge in [-0.2, -0.15) is 26.3 Å². The van der Waals surface area contributed by atoms with Crippen molar-refractivity contribution in [3.8, 4) is 0 Å². The van der Waals surface area contributed by atoms with E-state index >= 15 is 0 Å². The molecule has 1 amide bonds. The van der Waals surface area contributed by atoms with Crippen LogP contribution in [0.5, 0.6) is 0 Å². The normalized spacial score (nSPS) is 12.1. The first-order valence-corrected chi connectivity index (χ1v) is 10.2. The highest BCUT2D eigenvalue weighted by Gasteiger charge is 2.36. The fraction of sp³-hybridized carbons (Fsp3) is 0.240. The fourth-order valence-electron chi connectivity index (χ4n) is 3.56. The summed E-state index contributed by atoms with van der Waals surface area (Å²) in [5.74, 6) is -0.884. The molecule has 0 saturated heterocycles. The first-order valence-electron chi connectivity index (χ1n) is 10.2. The number of hydrogen-bond donors (Lipinski definition) is 1. The Morgan fingerprint density at radius 2 is 1.18 bits per heavy atom. The maximum atomic E-state index is 13.0. The van der Waals surface area contributed by atoms with Gasteiger partial charge in [-0.05, 0) is 47.7 Å². The van der Waals surface area contributed by atoms with Crippen LogP contribution >= 0.6 is 0 Å². The molecule has 0 unspecified atom stereocenters. The second-order valence-corrected chi connectivity index (χ2v) is 7.56. The average Bonchev–Trinajstić information content (AvgIpc) is 2.77. The molecule has 33 heavy (non-hydrogen) atoms. The largest absolute Gasteiger partial charge is 0.416 e. The monoisotopic (exact) mass is 465 g/mol. The van der Waals surface area contributed by atoms with Gasteiger partial charge in [0, 0.05) is 6.54 Å². The van der Waals surface area contributed by atoms with Crippen molar-refractivity contribution >= 4 is 5.91 Å². The zero-order valence-corrected chi connectivity index (χ0v) is 17.4. The molecule has 8 heteroatoms. The van der Waals surface area contributed by atoms with Crippen molar-refractivity contribution in [2.75, 3.05) is 6.54 Å². The highest BCUT2D eigenvalue weighted by Crippen LogP contribution is 2.36. The summed E-state index contributed by atoms with van der Waals surface area (Å²) in [5.41, 5.74) is -1.23. The quantitative estimate of drug-likeness (QED) is 0.309. The SMILES string of the molecule is O=C(NCCCc1cc(C(F)(F)F)cc(C(F)(F)F)c1)C(c1ccccc1)c1ccccc1. The highest BCUT2D eigenvalue weighted by atomic mass is 19.4. The van der Waals surface area contributed by atoms with Crippen LogP contribution in [0.1, 0.15) is 40.2 Å². The van der Waals surface area contributed by atoms with E-state index in [1.165, 1.54) is 0 Å². The van der Waals surface area contributed by atoms with Gasteiger partial charge < -0.3 is 5.32 Å². The molecule has 0 aliphatic heterocycles. The van der Waals surface area contributed by atoms with Gasteiger partial charge in [0.15, 0.2) is 0 Å². The highest BCUT2D eigenvalue weighted by molar-refractivity contribution is 5.87. The third-order valence-corrected chi connectivity index (χ3v) is 5.12. The second-order valence-electron chi connectivity index (χ2n) is 7.56. The van der Waals surface area contributed by atoms with Crippen LogP contribution < -0.4 is 5.32 Å². The van der Waals surface area contributed by atoms with Crippen LogP contribution in [-0.2, 0) is 23.6 Å². The molecule has 0 bridgehead atoms. The molecule has 2 nitrogen and oxygen atoms in total. The lowest BCUT2D eigenvalue weighted by Gasteiger charge is -2.18. The third-order valence-electron chi connectivity index (χ3n) is 5.12. The first kappa shape index (κ1) is 24.4. The molecule has 0 aliphatic rings. The van der Waals surface area contributed by atoms with Crippen LogP contribution in [0.15, 0.2) is 78.9 Å². The minimum Gasteiger partial charge on any atom is -0.355 e. The van der Waals surface area contributed by atoms with Crippen molar-refractivity contribution in [1.29, 1.82) is 0 Å². The van der Waals surface area contributed by atoms with E-state index in [-0.39, 0.29) is 36.9 Å². The zero-order chi connectivity index (χ0) is 24.1. The van der Waals surface area contributed by atoms with E-state index in [0.29, 0.717) is 12.1 Å². The van der Waals surface area contributed by atoms with Gasteiger partial charge in [-0.3, -0.25) is 4.79 Å². The fourth-order valence-corrected chi connectivity index (χ4v) is 3.56. The summed E-state index contributed by atoms with van der Waals surface area (Å²) in [7, 11) is 0. The Bertz CT molecular complexity index is 990. The molecule has 174 valence electrons. The van der Waals surface area contributed by atoms with Crippen LogP contribution in [0, 0.1) is 0 Å². The molecule has 0 spiro atoms. The molecule has 0 atom stereocenters. The summed E-state index contributed by atoms with van der Waals surface area (Å²) < 4.78 is 78.1. The summed E-state index contributed by atoms with van der Waals surface area (Å²) in [6.45, 7) is 0.104. The average molecular weight is 465 g/mol. The topological polar surface area (TPSA) is 29.1 Å². The Morgan fingerprint density at radius 1 is 0.727 bits per heavy atom. The van der Waals surface area contributed by atoms with E-state index in [0.717, 1.165) is 11.1 Å². The van der Waals surface area contributed by atoms with Crippen molar-refractivity contribution < 1.29 is 31.1 Å². The Kier molecular flexibility index (Phi) is 7.46. The summed E-state index contributed by atoms with van der Waals surface area (Å²) >= 11 is 0. The lowest BCUT2D eigenvalue weighted by molar-refractivity contribution is -0.143. The van der Waals surface area contributed by atoms with Crippen LogP contribution in [0.4, 0.5) is 26.3 Å². The molecule has 0 heterocycles. The van der Waals surface area contributed by atoms with Gasteiger partial charge in [0.25, 0.3) is 0 Å². The summed E-state index contributed by atoms with van der Waals surface area (Å²) in [4.78, 5) is 12.9. The molecule has 3 rings (SSSR count). The maximum Gasteiger partial charge on any atom is 0.416 e. The van der Waals surface area contributed by atoms with Crippen molar-refractivity contribution in [3.05, 3.63) is 107 Å². The van der Waals surface area contributed by atoms with Gasteiger partial charge in [-0.1, -0.05) is 60.7 Å². The van der Waals surface area contributed by atoms with Crippen LogP contribution in [0.3, 0.4) is 0 Å². The Balaban J connectivity index is 1.69. The summed E-state index contributed by atoms with van der Waals surface area (Å²) in [6.07, 6.45) is -9.64. The van der Waals surface area contributed by atoms with Crippen LogP contribution in [0.2, 0.25) is 0 Å². The lowest BCUT2D eigenvalue weighted by atomic mass is 9.90. The van der Waals surface area contributed by atoms with E-state index in [2.05, 4.69) is 5.32 Å². The van der Waals surface area contributed by atoms with Gasteiger partial charge in [0.2, 0.25) is 5.91 Å². The molecule has 0 aromatic heterocycles. The second kappa shape index (κ2) is 10.1. The van der Waals surface area contributed by atoms with Gasteiger partial charge in [-0.15, -0.1) is 0 Å². The van der Waals surface area contributed by atoms with Crippen molar-refractivity contribution in [3.63, 3.8) is 0 Å². The predicted molar refractivity (Wildman–Crippen MR) is 113 cm³/mol. The molecule has 1 N–H and O–H groups in total. The van der Waals surface area contributed by atoms with Crippen LogP contribution in [-0.4, -0.2) is 12.5 Å². The van der Waals surface area contributed by atoms with E-state index in [9.17, 15) is 31.1 Å². The molecule has 0 aliphatic carbocycles. The summed E-state index contributed by atoms with van der Waals surface area (Å²) in [6, 6.07) is 19.7. The molecular weight excluding hydrogens is 444 g/mol.